The Labute approximate surface area is 155 Å². The third kappa shape index (κ3) is 3.48. The number of carbonyl (C=O) groups excluding carboxylic acids is 1. The lowest BCUT2D eigenvalue weighted by molar-refractivity contribution is -0.117. The van der Waals surface area contributed by atoms with Gasteiger partial charge in [-0.3, -0.25) is 4.79 Å². The summed E-state index contributed by atoms with van der Waals surface area (Å²) in [6.45, 7) is 0.529. The van der Waals surface area contributed by atoms with Crippen molar-refractivity contribution in [3.05, 3.63) is 82.8 Å². The van der Waals surface area contributed by atoms with E-state index in [4.69, 9.17) is 11.6 Å². The van der Waals surface area contributed by atoms with Crippen molar-refractivity contribution in [2.24, 2.45) is 5.92 Å². The van der Waals surface area contributed by atoms with E-state index in [0.29, 0.717) is 29.4 Å². The Morgan fingerprint density at radius 1 is 1.19 bits per heavy atom. The summed E-state index contributed by atoms with van der Waals surface area (Å²) in [5.74, 6) is 0.0236. The van der Waals surface area contributed by atoms with Crippen LogP contribution in [0.4, 0.5) is 10.2 Å². The molecule has 4 rings (SSSR count). The molecule has 2 unspecified atom stereocenters. The predicted molar refractivity (Wildman–Crippen MR) is 98.7 cm³/mol. The van der Waals surface area contributed by atoms with Gasteiger partial charge in [-0.25, -0.2) is 9.07 Å². The molecular formula is C20H17ClFN3O. The Balaban J connectivity index is 1.42. The van der Waals surface area contributed by atoms with E-state index in [9.17, 15) is 9.18 Å². The number of benzene rings is 2. The molecule has 0 aliphatic heterocycles. The molecule has 4 nitrogen and oxygen atoms in total. The molecule has 2 aromatic carbocycles. The molecule has 1 fully saturated rings. The first-order chi connectivity index (χ1) is 12.6. The average molecular weight is 370 g/mol. The summed E-state index contributed by atoms with van der Waals surface area (Å²) in [4.78, 5) is 12.5. The SMILES string of the molecule is O=C(Nc1ccnn1Cc1ccc(Cl)cc1)C1CC1c1ccccc1F. The number of nitrogens with one attached hydrogen (secondary N) is 1. The maximum atomic E-state index is 13.9. The van der Waals surface area contributed by atoms with Gasteiger partial charge in [0, 0.05) is 17.0 Å². The maximum absolute atomic E-state index is 13.9. The van der Waals surface area contributed by atoms with Gasteiger partial charge in [0.15, 0.2) is 0 Å². The second-order valence-corrected chi connectivity index (χ2v) is 6.90. The van der Waals surface area contributed by atoms with Crippen LogP contribution in [0.1, 0.15) is 23.5 Å². The van der Waals surface area contributed by atoms with E-state index in [1.807, 2.05) is 24.3 Å². The highest BCUT2D eigenvalue weighted by Gasteiger charge is 2.45. The van der Waals surface area contributed by atoms with Gasteiger partial charge in [-0.1, -0.05) is 41.9 Å². The number of aromatic nitrogens is 2. The number of amides is 1. The van der Waals surface area contributed by atoms with Gasteiger partial charge in [0.05, 0.1) is 12.7 Å². The first-order valence-electron chi connectivity index (χ1n) is 8.43. The van der Waals surface area contributed by atoms with Gasteiger partial charge in [-0.2, -0.15) is 5.10 Å². The Bertz CT molecular complexity index is 938. The molecule has 0 spiro atoms. The quantitative estimate of drug-likeness (QED) is 0.721. The molecule has 0 bridgehead atoms. The first-order valence-corrected chi connectivity index (χ1v) is 8.81. The normalized spacial score (nSPS) is 18.5. The van der Waals surface area contributed by atoms with Crippen LogP contribution in [-0.4, -0.2) is 15.7 Å². The van der Waals surface area contributed by atoms with Crippen molar-refractivity contribution in [3.8, 4) is 0 Å². The number of halogens is 2. The number of hydrogen-bond donors (Lipinski definition) is 1. The summed E-state index contributed by atoms with van der Waals surface area (Å²) in [5, 5.41) is 7.86. The van der Waals surface area contributed by atoms with E-state index in [2.05, 4.69) is 10.4 Å². The molecule has 1 amide bonds. The summed E-state index contributed by atoms with van der Waals surface area (Å²) >= 11 is 5.90. The van der Waals surface area contributed by atoms with E-state index >= 15 is 0 Å². The summed E-state index contributed by atoms with van der Waals surface area (Å²) in [5.41, 5.74) is 1.64. The van der Waals surface area contributed by atoms with Crippen LogP contribution < -0.4 is 5.32 Å². The zero-order valence-corrected chi connectivity index (χ0v) is 14.7. The van der Waals surface area contributed by atoms with Crippen molar-refractivity contribution in [2.75, 3.05) is 5.32 Å². The zero-order chi connectivity index (χ0) is 18.1. The highest BCUT2D eigenvalue weighted by atomic mass is 35.5. The van der Waals surface area contributed by atoms with E-state index in [0.717, 1.165) is 5.56 Å². The lowest BCUT2D eigenvalue weighted by Gasteiger charge is -2.09. The number of nitrogens with zero attached hydrogens (tertiary/aromatic N) is 2. The largest absolute Gasteiger partial charge is 0.311 e. The van der Waals surface area contributed by atoms with Crippen LogP contribution in [-0.2, 0) is 11.3 Å². The highest BCUT2D eigenvalue weighted by Crippen LogP contribution is 2.48. The summed E-state index contributed by atoms with van der Waals surface area (Å²) in [7, 11) is 0. The Kier molecular flexibility index (Phi) is 4.47. The smallest absolute Gasteiger partial charge is 0.229 e. The van der Waals surface area contributed by atoms with Gasteiger partial charge < -0.3 is 5.32 Å². The third-order valence-corrected chi connectivity index (χ3v) is 4.90. The van der Waals surface area contributed by atoms with Crippen LogP contribution >= 0.6 is 11.6 Å². The van der Waals surface area contributed by atoms with Gasteiger partial charge in [0.2, 0.25) is 5.91 Å². The second-order valence-electron chi connectivity index (χ2n) is 6.46. The van der Waals surface area contributed by atoms with Crippen LogP contribution in [0.5, 0.6) is 0 Å². The minimum absolute atomic E-state index is 0.0520. The summed E-state index contributed by atoms with van der Waals surface area (Å²) in [6.07, 6.45) is 2.31. The predicted octanol–water partition coefficient (Wildman–Crippen LogP) is 4.47. The van der Waals surface area contributed by atoms with Crippen LogP contribution in [0, 0.1) is 11.7 Å². The van der Waals surface area contributed by atoms with Crippen LogP contribution in [0.15, 0.2) is 60.8 Å². The third-order valence-electron chi connectivity index (χ3n) is 4.65. The molecule has 0 radical (unpaired) electrons. The lowest BCUT2D eigenvalue weighted by atomic mass is 10.1. The van der Waals surface area contributed by atoms with Crippen molar-refractivity contribution < 1.29 is 9.18 Å². The minimum Gasteiger partial charge on any atom is -0.311 e. The standard InChI is InChI=1S/C20H17ClFN3O/c21-14-7-5-13(6-8-14)12-25-19(9-10-23-25)24-20(26)17-11-16(17)15-3-1-2-4-18(15)22/h1-10,16-17H,11-12H2,(H,24,26). The van der Waals surface area contributed by atoms with Crippen molar-refractivity contribution in [1.29, 1.82) is 0 Å². The van der Waals surface area contributed by atoms with Crippen molar-refractivity contribution in [3.63, 3.8) is 0 Å². The molecule has 1 aliphatic carbocycles. The highest BCUT2D eigenvalue weighted by molar-refractivity contribution is 6.30. The lowest BCUT2D eigenvalue weighted by Crippen LogP contribution is -2.18. The van der Waals surface area contributed by atoms with Crippen LogP contribution in [0.25, 0.3) is 0 Å². The molecule has 1 aromatic heterocycles. The van der Waals surface area contributed by atoms with Crippen LogP contribution in [0.3, 0.4) is 0 Å². The van der Waals surface area contributed by atoms with Gasteiger partial charge >= 0.3 is 0 Å². The molecule has 132 valence electrons. The Morgan fingerprint density at radius 3 is 2.73 bits per heavy atom. The number of carbonyl (C=O) groups is 1. The molecule has 1 N–H and O–H groups in total. The molecule has 6 heteroatoms. The van der Waals surface area contributed by atoms with Gasteiger partial charge in [0.1, 0.15) is 11.6 Å². The first kappa shape index (κ1) is 16.8. The fraction of sp³-hybridized carbons (Fsp3) is 0.200. The number of anilines is 1. The van der Waals surface area contributed by atoms with Gasteiger partial charge in [-0.15, -0.1) is 0 Å². The number of hydrogen-bond acceptors (Lipinski definition) is 2. The van der Waals surface area contributed by atoms with Crippen molar-refractivity contribution in [1.82, 2.24) is 9.78 Å². The molecule has 1 saturated carbocycles. The molecule has 26 heavy (non-hydrogen) atoms. The van der Waals surface area contributed by atoms with E-state index in [1.54, 1.807) is 35.1 Å². The van der Waals surface area contributed by atoms with Gasteiger partial charge in [-0.05, 0) is 41.7 Å². The Hall–Kier alpha value is -2.66. The fourth-order valence-electron chi connectivity index (χ4n) is 3.15. The van der Waals surface area contributed by atoms with Crippen LogP contribution in [0.2, 0.25) is 5.02 Å². The van der Waals surface area contributed by atoms with Gasteiger partial charge in [0.25, 0.3) is 0 Å². The minimum atomic E-state index is -0.249. The van der Waals surface area contributed by atoms with Crippen molar-refractivity contribution in [2.45, 2.75) is 18.9 Å². The zero-order valence-electron chi connectivity index (χ0n) is 13.9. The summed E-state index contributed by atoms with van der Waals surface area (Å²) in [6, 6.07) is 15.9. The second kappa shape index (κ2) is 6.92. The van der Waals surface area contributed by atoms with E-state index in [-0.39, 0.29) is 23.6 Å². The molecule has 0 saturated heterocycles. The van der Waals surface area contributed by atoms with E-state index < -0.39 is 0 Å². The topological polar surface area (TPSA) is 46.9 Å². The number of rotatable bonds is 5. The average Bonchev–Trinajstić information content (AvgIpc) is 3.32. The fourth-order valence-corrected chi connectivity index (χ4v) is 3.28. The molecule has 3 aromatic rings. The molecule has 2 atom stereocenters. The van der Waals surface area contributed by atoms with E-state index in [1.165, 1.54) is 6.07 Å². The monoisotopic (exact) mass is 369 g/mol. The Morgan fingerprint density at radius 2 is 1.96 bits per heavy atom. The molecule has 1 aliphatic rings. The molecule has 1 heterocycles. The molecular weight excluding hydrogens is 353 g/mol. The summed E-state index contributed by atoms with van der Waals surface area (Å²) < 4.78 is 15.6. The van der Waals surface area contributed by atoms with Crippen molar-refractivity contribution >= 4 is 23.3 Å². The maximum Gasteiger partial charge on any atom is 0.229 e.